The molecule has 2 amide bonds. The maximum atomic E-state index is 12.1. The lowest BCUT2D eigenvalue weighted by molar-refractivity contribution is -0.139. The Hall–Kier alpha value is -3.15. The molecule has 0 radical (unpaired) electrons. The number of benzene rings is 2. The number of nitrogens with one attached hydrogen (secondary N) is 2. The fourth-order valence-electron chi connectivity index (χ4n) is 3.34. The zero-order valence-corrected chi connectivity index (χ0v) is 16.5. The van der Waals surface area contributed by atoms with Crippen molar-refractivity contribution in [2.45, 2.75) is 51.2 Å². The first kappa shape index (κ1) is 20.6. The van der Waals surface area contributed by atoms with Crippen LogP contribution in [0.2, 0.25) is 0 Å². The van der Waals surface area contributed by atoms with Gasteiger partial charge in [0, 0.05) is 11.6 Å². The number of hydrogen-bond donors (Lipinski definition) is 2. The average molecular weight is 393 g/mol. The molecule has 0 aliphatic heterocycles. The van der Waals surface area contributed by atoms with Gasteiger partial charge in [0.2, 0.25) is 0 Å². The van der Waals surface area contributed by atoms with Gasteiger partial charge in [-0.2, -0.15) is 5.10 Å². The van der Waals surface area contributed by atoms with Crippen molar-refractivity contribution in [2.24, 2.45) is 5.10 Å². The summed E-state index contributed by atoms with van der Waals surface area (Å²) < 4.78 is 5.86. The Morgan fingerprint density at radius 3 is 2.38 bits per heavy atom. The molecule has 2 aromatic carbocycles. The van der Waals surface area contributed by atoms with Crippen LogP contribution in [0.4, 0.5) is 0 Å². The van der Waals surface area contributed by atoms with E-state index in [0.29, 0.717) is 17.9 Å². The summed E-state index contributed by atoms with van der Waals surface area (Å²) in [6, 6.07) is 17.3. The number of ether oxygens (including phenoxy) is 1. The molecule has 6 heteroatoms. The van der Waals surface area contributed by atoms with Crippen LogP contribution in [0.5, 0.6) is 5.75 Å². The van der Waals surface area contributed by atoms with E-state index in [0.717, 1.165) is 31.2 Å². The third-order valence-corrected chi connectivity index (χ3v) is 4.92. The number of para-hydroxylation sites is 1. The zero-order chi connectivity index (χ0) is 20.3. The van der Waals surface area contributed by atoms with Gasteiger partial charge >= 0.3 is 11.8 Å². The normalized spacial score (nSPS) is 14.9. The summed E-state index contributed by atoms with van der Waals surface area (Å²) >= 11 is 0. The molecular formula is C23H27N3O3. The van der Waals surface area contributed by atoms with E-state index in [2.05, 4.69) is 15.8 Å². The zero-order valence-electron chi connectivity index (χ0n) is 16.5. The van der Waals surface area contributed by atoms with Crippen LogP contribution < -0.4 is 15.5 Å². The molecule has 1 aliphatic rings. The first-order valence-electron chi connectivity index (χ1n) is 10.1. The van der Waals surface area contributed by atoms with Gasteiger partial charge < -0.3 is 10.1 Å². The van der Waals surface area contributed by atoms with Gasteiger partial charge in [-0.15, -0.1) is 0 Å². The van der Waals surface area contributed by atoms with Crippen molar-refractivity contribution in [3.8, 4) is 5.75 Å². The van der Waals surface area contributed by atoms with Crippen LogP contribution in [0.15, 0.2) is 59.7 Å². The molecule has 0 spiro atoms. The molecule has 1 fully saturated rings. The fraction of sp³-hybridized carbons (Fsp3) is 0.348. The molecule has 0 bridgehead atoms. The molecule has 0 unspecified atom stereocenters. The maximum absolute atomic E-state index is 12.1. The molecule has 2 N–H and O–H groups in total. The van der Waals surface area contributed by atoms with Crippen LogP contribution >= 0.6 is 0 Å². The van der Waals surface area contributed by atoms with Crippen molar-refractivity contribution < 1.29 is 14.3 Å². The summed E-state index contributed by atoms with van der Waals surface area (Å²) in [5, 5.41) is 6.73. The van der Waals surface area contributed by atoms with Gasteiger partial charge in [0.15, 0.2) is 0 Å². The Morgan fingerprint density at radius 1 is 0.931 bits per heavy atom. The monoisotopic (exact) mass is 393 g/mol. The smallest absolute Gasteiger partial charge is 0.329 e. The van der Waals surface area contributed by atoms with E-state index in [4.69, 9.17) is 4.74 Å². The van der Waals surface area contributed by atoms with E-state index < -0.39 is 11.8 Å². The summed E-state index contributed by atoms with van der Waals surface area (Å²) in [5.74, 6) is -0.742. The van der Waals surface area contributed by atoms with E-state index in [9.17, 15) is 9.59 Å². The van der Waals surface area contributed by atoms with Gasteiger partial charge in [-0.3, -0.25) is 9.59 Å². The average Bonchev–Trinajstić information content (AvgIpc) is 3.02. The Bertz CT molecular complexity index is 828. The second-order valence-electron chi connectivity index (χ2n) is 7.17. The van der Waals surface area contributed by atoms with Gasteiger partial charge in [-0.05, 0) is 30.5 Å². The lowest BCUT2D eigenvalue weighted by Crippen LogP contribution is -2.43. The quantitative estimate of drug-likeness (QED) is 0.341. The van der Waals surface area contributed by atoms with Gasteiger partial charge in [0.25, 0.3) is 0 Å². The topological polar surface area (TPSA) is 79.8 Å². The van der Waals surface area contributed by atoms with Gasteiger partial charge in [0.05, 0.1) is 6.21 Å². The second kappa shape index (κ2) is 11.0. The molecule has 1 aliphatic carbocycles. The van der Waals surface area contributed by atoms with E-state index in [-0.39, 0.29) is 6.04 Å². The van der Waals surface area contributed by atoms with E-state index in [1.807, 2.05) is 54.6 Å². The van der Waals surface area contributed by atoms with Crippen LogP contribution in [0.25, 0.3) is 0 Å². The molecule has 0 saturated heterocycles. The molecule has 0 aromatic heterocycles. The van der Waals surface area contributed by atoms with Gasteiger partial charge in [-0.1, -0.05) is 68.1 Å². The minimum Gasteiger partial charge on any atom is -0.488 e. The van der Waals surface area contributed by atoms with Crippen LogP contribution in [-0.4, -0.2) is 24.1 Å². The fourth-order valence-corrected chi connectivity index (χ4v) is 3.34. The van der Waals surface area contributed by atoms with Crippen LogP contribution in [-0.2, 0) is 16.2 Å². The maximum Gasteiger partial charge on any atom is 0.329 e. The number of amides is 2. The molecule has 0 atom stereocenters. The Labute approximate surface area is 171 Å². The van der Waals surface area contributed by atoms with Gasteiger partial charge in [-0.25, -0.2) is 5.43 Å². The third kappa shape index (κ3) is 6.75. The molecular weight excluding hydrogens is 366 g/mol. The highest BCUT2D eigenvalue weighted by Crippen LogP contribution is 2.18. The molecule has 0 heterocycles. The summed E-state index contributed by atoms with van der Waals surface area (Å²) in [6.45, 7) is 0.432. The molecule has 29 heavy (non-hydrogen) atoms. The van der Waals surface area contributed by atoms with Crippen LogP contribution in [0.1, 0.15) is 49.7 Å². The second-order valence-corrected chi connectivity index (χ2v) is 7.17. The molecule has 1 saturated carbocycles. The number of carbonyl (C=O) groups is 2. The Balaban J connectivity index is 1.51. The van der Waals surface area contributed by atoms with Crippen molar-refractivity contribution in [2.75, 3.05) is 0 Å². The largest absolute Gasteiger partial charge is 0.488 e. The minimum absolute atomic E-state index is 0.0758. The van der Waals surface area contributed by atoms with Crippen LogP contribution in [0.3, 0.4) is 0 Å². The summed E-state index contributed by atoms with van der Waals surface area (Å²) in [5.41, 5.74) is 4.07. The summed E-state index contributed by atoms with van der Waals surface area (Å²) in [6.07, 6.45) is 7.89. The minimum atomic E-state index is -0.756. The Morgan fingerprint density at radius 2 is 1.62 bits per heavy atom. The highest BCUT2D eigenvalue weighted by molar-refractivity contribution is 6.35. The predicted molar refractivity (Wildman–Crippen MR) is 113 cm³/mol. The van der Waals surface area contributed by atoms with Crippen molar-refractivity contribution in [1.29, 1.82) is 0 Å². The number of hydrogen-bond acceptors (Lipinski definition) is 4. The standard InChI is InChI=1S/C23H27N3O3/c27-22(25-20-13-6-1-2-7-14-20)23(28)26-24-16-19-12-8-9-15-21(19)29-17-18-10-4-3-5-11-18/h3-5,8-12,15-16,20H,1-2,6-7,13-14,17H2,(H,25,27)(H,26,28)/b24-16+. The van der Waals surface area contributed by atoms with Crippen molar-refractivity contribution in [3.05, 3.63) is 65.7 Å². The van der Waals surface area contributed by atoms with E-state index in [1.54, 1.807) is 0 Å². The van der Waals surface area contributed by atoms with Crippen molar-refractivity contribution in [3.63, 3.8) is 0 Å². The van der Waals surface area contributed by atoms with Crippen molar-refractivity contribution in [1.82, 2.24) is 10.7 Å². The first-order valence-corrected chi connectivity index (χ1v) is 10.1. The summed E-state index contributed by atoms with van der Waals surface area (Å²) in [4.78, 5) is 24.1. The number of nitrogens with zero attached hydrogens (tertiary/aromatic N) is 1. The molecule has 6 nitrogen and oxygen atoms in total. The SMILES string of the molecule is O=C(N/N=C/c1ccccc1OCc1ccccc1)C(=O)NC1CCCCCC1. The number of rotatable bonds is 6. The van der Waals surface area contributed by atoms with Gasteiger partial charge in [0.1, 0.15) is 12.4 Å². The predicted octanol–water partition coefficient (Wildman–Crippen LogP) is 3.55. The molecule has 2 aromatic rings. The van der Waals surface area contributed by atoms with Crippen molar-refractivity contribution >= 4 is 18.0 Å². The molecule has 3 rings (SSSR count). The Kier molecular flexibility index (Phi) is 7.81. The molecule has 152 valence electrons. The number of hydrazone groups is 1. The van der Waals surface area contributed by atoms with E-state index >= 15 is 0 Å². The lowest BCUT2D eigenvalue weighted by atomic mass is 10.1. The summed E-state index contributed by atoms with van der Waals surface area (Å²) in [7, 11) is 0. The lowest BCUT2D eigenvalue weighted by Gasteiger charge is -2.15. The van der Waals surface area contributed by atoms with Crippen LogP contribution in [0, 0.1) is 0 Å². The highest BCUT2D eigenvalue weighted by atomic mass is 16.5. The number of carbonyl (C=O) groups excluding carboxylic acids is 2. The highest BCUT2D eigenvalue weighted by Gasteiger charge is 2.19. The third-order valence-electron chi connectivity index (χ3n) is 4.92. The first-order chi connectivity index (χ1) is 14.2. The van der Waals surface area contributed by atoms with E-state index in [1.165, 1.54) is 19.1 Å².